The van der Waals surface area contributed by atoms with Crippen LogP contribution in [-0.2, 0) is 13.0 Å². The Kier molecular flexibility index (Phi) is 4.82. The van der Waals surface area contributed by atoms with Gasteiger partial charge in [-0.15, -0.1) is 0 Å². The first kappa shape index (κ1) is 18.2. The number of nitrogens with zero attached hydrogens (tertiary/aromatic N) is 3. The number of fused-ring (bicyclic) bond motifs is 1. The van der Waals surface area contributed by atoms with Crippen LogP contribution in [0.3, 0.4) is 0 Å². The molecule has 1 aliphatic rings. The maximum atomic E-state index is 13.1. The smallest absolute Gasteiger partial charge is 0.272 e. The largest absolute Gasteiger partial charge is 0.333 e. The number of benzene rings is 2. The van der Waals surface area contributed by atoms with Gasteiger partial charge in [0, 0.05) is 24.5 Å². The fourth-order valence-electron chi connectivity index (χ4n) is 3.64. The molecule has 0 spiro atoms. The van der Waals surface area contributed by atoms with Crippen molar-refractivity contribution in [2.75, 3.05) is 11.9 Å². The first-order chi connectivity index (χ1) is 13.5. The third-order valence-electron chi connectivity index (χ3n) is 5.12. The standard InChI is InChI=1S/C23H24N4O/c1-15-8-9-20(16(2)12-15)25-23-24-17(3)13-21(26-23)22(28)27-11-10-18-6-4-5-7-19(18)14-27/h4-9,12-13H,10-11,14H2,1-3H3,(H,24,25,26). The van der Waals surface area contributed by atoms with E-state index < -0.39 is 0 Å². The van der Waals surface area contributed by atoms with E-state index in [1.54, 1.807) is 6.07 Å². The van der Waals surface area contributed by atoms with Crippen LogP contribution < -0.4 is 5.32 Å². The topological polar surface area (TPSA) is 58.1 Å². The highest BCUT2D eigenvalue weighted by Gasteiger charge is 2.23. The monoisotopic (exact) mass is 372 g/mol. The molecule has 2 heterocycles. The zero-order valence-electron chi connectivity index (χ0n) is 16.5. The maximum Gasteiger partial charge on any atom is 0.272 e. The lowest BCUT2D eigenvalue weighted by molar-refractivity contribution is 0.0728. The van der Waals surface area contributed by atoms with Crippen molar-refractivity contribution in [3.63, 3.8) is 0 Å². The van der Waals surface area contributed by atoms with Crippen LogP contribution in [-0.4, -0.2) is 27.3 Å². The van der Waals surface area contributed by atoms with Crippen molar-refractivity contribution in [3.8, 4) is 0 Å². The van der Waals surface area contributed by atoms with Gasteiger partial charge in [-0.2, -0.15) is 0 Å². The maximum absolute atomic E-state index is 13.1. The highest BCUT2D eigenvalue weighted by atomic mass is 16.2. The molecule has 0 saturated carbocycles. The minimum atomic E-state index is -0.0521. The van der Waals surface area contributed by atoms with Crippen LogP contribution >= 0.6 is 0 Å². The molecule has 5 heteroatoms. The van der Waals surface area contributed by atoms with Gasteiger partial charge in [0.1, 0.15) is 5.69 Å². The van der Waals surface area contributed by atoms with Crippen LogP contribution in [0.2, 0.25) is 0 Å². The molecule has 1 N–H and O–H groups in total. The highest BCUT2D eigenvalue weighted by Crippen LogP contribution is 2.22. The second kappa shape index (κ2) is 7.43. The Balaban J connectivity index is 1.57. The summed E-state index contributed by atoms with van der Waals surface area (Å²) in [6, 6.07) is 16.2. The molecular formula is C23H24N4O. The molecule has 4 rings (SSSR count). The van der Waals surface area contributed by atoms with Crippen LogP contribution in [0.1, 0.15) is 38.4 Å². The van der Waals surface area contributed by atoms with Gasteiger partial charge in [0.25, 0.3) is 5.91 Å². The SMILES string of the molecule is Cc1ccc(Nc2nc(C)cc(C(=O)N3CCc4ccccc4C3)n2)c(C)c1. The summed E-state index contributed by atoms with van der Waals surface area (Å²) < 4.78 is 0. The Morgan fingerprint density at radius 1 is 1.00 bits per heavy atom. The van der Waals surface area contributed by atoms with E-state index in [0.29, 0.717) is 24.7 Å². The summed E-state index contributed by atoms with van der Waals surface area (Å²) in [6.45, 7) is 7.32. The second-order valence-corrected chi connectivity index (χ2v) is 7.41. The van der Waals surface area contributed by atoms with E-state index in [-0.39, 0.29) is 5.91 Å². The summed E-state index contributed by atoms with van der Waals surface area (Å²) in [5.74, 6) is 0.399. The molecule has 28 heavy (non-hydrogen) atoms. The van der Waals surface area contributed by atoms with Crippen molar-refractivity contribution in [1.29, 1.82) is 0 Å². The van der Waals surface area contributed by atoms with Crippen molar-refractivity contribution in [1.82, 2.24) is 14.9 Å². The van der Waals surface area contributed by atoms with E-state index in [9.17, 15) is 4.79 Å². The number of nitrogens with one attached hydrogen (secondary N) is 1. The van der Waals surface area contributed by atoms with Crippen molar-refractivity contribution in [3.05, 3.63) is 82.2 Å². The van der Waals surface area contributed by atoms with E-state index in [1.807, 2.05) is 36.9 Å². The molecule has 3 aromatic rings. The molecule has 1 amide bonds. The molecular weight excluding hydrogens is 348 g/mol. The molecule has 1 aromatic heterocycles. The molecule has 2 aromatic carbocycles. The normalized spacial score (nSPS) is 13.2. The summed E-state index contributed by atoms with van der Waals surface area (Å²) in [5.41, 5.74) is 6.99. The van der Waals surface area contributed by atoms with Crippen molar-refractivity contribution < 1.29 is 4.79 Å². The summed E-state index contributed by atoms with van der Waals surface area (Å²) in [5, 5.41) is 3.26. The quantitative estimate of drug-likeness (QED) is 0.743. The Bertz CT molecular complexity index is 1040. The number of hydrogen-bond acceptors (Lipinski definition) is 4. The van der Waals surface area contributed by atoms with Crippen LogP contribution in [0.4, 0.5) is 11.6 Å². The van der Waals surface area contributed by atoms with Gasteiger partial charge in [0.15, 0.2) is 0 Å². The zero-order valence-corrected chi connectivity index (χ0v) is 16.5. The Labute approximate surface area is 165 Å². The Hall–Kier alpha value is -3.21. The van der Waals surface area contributed by atoms with E-state index in [1.165, 1.54) is 16.7 Å². The fraction of sp³-hybridized carbons (Fsp3) is 0.261. The van der Waals surface area contributed by atoms with Crippen molar-refractivity contribution in [2.45, 2.75) is 33.7 Å². The number of aryl methyl sites for hydroxylation is 3. The number of aromatic nitrogens is 2. The molecule has 0 saturated heterocycles. The highest BCUT2D eigenvalue weighted by molar-refractivity contribution is 5.93. The van der Waals surface area contributed by atoms with Gasteiger partial charge in [-0.1, -0.05) is 42.0 Å². The molecule has 0 fully saturated rings. The predicted octanol–water partition coefficient (Wildman–Crippen LogP) is 4.34. The summed E-state index contributed by atoms with van der Waals surface area (Å²) >= 11 is 0. The summed E-state index contributed by atoms with van der Waals surface area (Å²) in [4.78, 5) is 23.9. The third-order valence-corrected chi connectivity index (χ3v) is 5.12. The van der Waals surface area contributed by atoms with Crippen molar-refractivity contribution in [2.24, 2.45) is 0 Å². The Morgan fingerprint density at radius 3 is 2.57 bits per heavy atom. The van der Waals surface area contributed by atoms with Gasteiger partial charge >= 0.3 is 0 Å². The summed E-state index contributed by atoms with van der Waals surface area (Å²) in [7, 11) is 0. The molecule has 0 radical (unpaired) electrons. The molecule has 0 atom stereocenters. The van der Waals surface area contributed by atoms with E-state index in [0.717, 1.165) is 23.4 Å². The lowest BCUT2D eigenvalue weighted by Crippen LogP contribution is -2.36. The van der Waals surface area contributed by atoms with Crippen LogP contribution in [0.5, 0.6) is 0 Å². The lowest BCUT2D eigenvalue weighted by atomic mass is 10.00. The molecule has 1 aliphatic heterocycles. The van der Waals surface area contributed by atoms with Gasteiger partial charge in [-0.3, -0.25) is 4.79 Å². The average Bonchev–Trinajstić information content (AvgIpc) is 2.69. The first-order valence-electron chi connectivity index (χ1n) is 9.55. The van der Waals surface area contributed by atoms with Crippen LogP contribution in [0.25, 0.3) is 0 Å². The number of anilines is 2. The number of amides is 1. The van der Waals surface area contributed by atoms with Gasteiger partial charge < -0.3 is 10.2 Å². The molecule has 0 bridgehead atoms. The fourth-order valence-corrected chi connectivity index (χ4v) is 3.64. The minimum Gasteiger partial charge on any atom is -0.333 e. The molecule has 5 nitrogen and oxygen atoms in total. The zero-order chi connectivity index (χ0) is 19.7. The van der Waals surface area contributed by atoms with Crippen LogP contribution in [0.15, 0.2) is 48.5 Å². The molecule has 0 unspecified atom stereocenters. The lowest BCUT2D eigenvalue weighted by Gasteiger charge is -2.28. The number of rotatable bonds is 3. The van der Waals surface area contributed by atoms with E-state index in [2.05, 4.69) is 46.5 Å². The molecule has 142 valence electrons. The van der Waals surface area contributed by atoms with Gasteiger partial charge in [-0.25, -0.2) is 9.97 Å². The van der Waals surface area contributed by atoms with E-state index in [4.69, 9.17) is 0 Å². The Morgan fingerprint density at radius 2 is 1.79 bits per heavy atom. The van der Waals surface area contributed by atoms with Gasteiger partial charge in [-0.05, 0) is 56.0 Å². The number of carbonyl (C=O) groups is 1. The van der Waals surface area contributed by atoms with Gasteiger partial charge in [0.05, 0.1) is 0 Å². The summed E-state index contributed by atoms with van der Waals surface area (Å²) in [6.07, 6.45) is 0.875. The molecule has 0 aliphatic carbocycles. The van der Waals surface area contributed by atoms with Crippen molar-refractivity contribution >= 4 is 17.5 Å². The average molecular weight is 372 g/mol. The minimum absolute atomic E-state index is 0.0521. The second-order valence-electron chi connectivity index (χ2n) is 7.41. The van der Waals surface area contributed by atoms with E-state index >= 15 is 0 Å². The number of carbonyl (C=O) groups excluding carboxylic acids is 1. The predicted molar refractivity (Wildman–Crippen MR) is 111 cm³/mol. The number of hydrogen-bond donors (Lipinski definition) is 1. The first-order valence-corrected chi connectivity index (χ1v) is 9.55. The van der Waals surface area contributed by atoms with Crippen LogP contribution in [0, 0.1) is 20.8 Å². The van der Waals surface area contributed by atoms with Gasteiger partial charge in [0.2, 0.25) is 5.95 Å². The third kappa shape index (κ3) is 3.74.